The summed E-state index contributed by atoms with van der Waals surface area (Å²) in [5.41, 5.74) is -1.43. The van der Waals surface area contributed by atoms with E-state index in [0.717, 1.165) is 48.5 Å². The largest absolute Gasteiger partial charge is 0.463 e. The molecule has 17 nitrogen and oxygen atoms in total. The molecule has 0 spiro atoms. The molecule has 0 aliphatic carbocycles. The summed E-state index contributed by atoms with van der Waals surface area (Å²) in [7, 11) is 0. The lowest BCUT2D eigenvalue weighted by Gasteiger charge is -2.48. The Hall–Kier alpha value is -3.54. The van der Waals surface area contributed by atoms with Gasteiger partial charge in [-0.15, -0.1) is 0 Å². The summed E-state index contributed by atoms with van der Waals surface area (Å²) in [6.07, 6.45) is -13.7. The second-order valence-corrected chi connectivity index (χ2v) is 10.1. The molecule has 2 heterocycles. The second-order valence-electron chi connectivity index (χ2n) is 9.64. The Kier molecular flexibility index (Phi) is 13.8. The van der Waals surface area contributed by atoms with Crippen LogP contribution >= 0.6 is 11.6 Å². The quantitative estimate of drug-likeness (QED) is 0.161. The van der Waals surface area contributed by atoms with Crippen LogP contribution in [-0.4, -0.2) is 116 Å². The summed E-state index contributed by atoms with van der Waals surface area (Å²) in [5.74, 6) is -5.80. The topological polar surface area (TPSA) is 212 Å². The van der Waals surface area contributed by atoms with Crippen LogP contribution in [0.4, 0.5) is 0 Å². The van der Waals surface area contributed by atoms with Crippen molar-refractivity contribution >= 4 is 53.4 Å². The van der Waals surface area contributed by atoms with E-state index in [2.05, 4.69) is 0 Å². The molecular weight excluding hydrogens is 620 g/mol. The molecule has 0 bridgehead atoms. The molecule has 2 aliphatic rings. The normalized spacial score (nSPS) is 31.5. The number of carbonyl (C=O) groups excluding carboxylic acids is 7. The third-order valence-electron chi connectivity index (χ3n) is 5.87. The van der Waals surface area contributed by atoms with Gasteiger partial charge in [0.2, 0.25) is 0 Å². The van der Waals surface area contributed by atoms with E-state index in [1.807, 2.05) is 0 Å². The number of halogens is 1. The summed E-state index contributed by atoms with van der Waals surface area (Å²) in [5, 5.41) is 0. The number of alkyl halides is 1. The van der Waals surface area contributed by atoms with Gasteiger partial charge in [0, 0.05) is 48.5 Å². The van der Waals surface area contributed by atoms with Crippen molar-refractivity contribution < 1.29 is 80.9 Å². The minimum absolute atomic E-state index is 0.515. The molecule has 248 valence electrons. The van der Waals surface area contributed by atoms with E-state index >= 15 is 0 Å². The van der Waals surface area contributed by atoms with Crippen LogP contribution in [0.1, 0.15) is 48.5 Å². The fourth-order valence-corrected chi connectivity index (χ4v) is 4.79. The van der Waals surface area contributed by atoms with E-state index in [1.165, 1.54) is 0 Å². The molecule has 0 N–H and O–H groups in total. The average molecular weight is 655 g/mol. The Bertz CT molecular complexity index is 1090. The highest BCUT2D eigenvalue weighted by molar-refractivity contribution is 6.20. The minimum atomic E-state index is -1.76. The maximum absolute atomic E-state index is 12.2. The molecule has 2 aliphatic heterocycles. The predicted octanol–water partition coefficient (Wildman–Crippen LogP) is -0.155. The zero-order valence-corrected chi connectivity index (χ0v) is 25.8. The maximum atomic E-state index is 12.2. The van der Waals surface area contributed by atoms with E-state index < -0.39 is 116 Å². The van der Waals surface area contributed by atoms with Crippen molar-refractivity contribution in [2.45, 2.75) is 109 Å². The van der Waals surface area contributed by atoms with Crippen molar-refractivity contribution in [2.75, 3.05) is 13.2 Å². The van der Waals surface area contributed by atoms with Crippen LogP contribution in [0.5, 0.6) is 0 Å². The van der Waals surface area contributed by atoms with E-state index in [1.54, 1.807) is 0 Å². The molecule has 2 saturated heterocycles. The van der Waals surface area contributed by atoms with Crippen molar-refractivity contribution in [3.8, 4) is 0 Å². The first-order valence-corrected chi connectivity index (χ1v) is 13.7. The lowest BCUT2D eigenvalue weighted by Crippen LogP contribution is -2.66. The van der Waals surface area contributed by atoms with Gasteiger partial charge in [-0.2, -0.15) is 0 Å². The molecule has 0 aromatic heterocycles. The predicted molar refractivity (Wildman–Crippen MR) is 139 cm³/mol. The third-order valence-corrected chi connectivity index (χ3v) is 6.22. The van der Waals surface area contributed by atoms with Gasteiger partial charge >= 0.3 is 41.8 Å². The monoisotopic (exact) mass is 654 g/mol. The van der Waals surface area contributed by atoms with Gasteiger partial charge in [0.1, 0.15) is 31.5 Å². The van der Waals surface area contributed by atoms with Gasteiger partial charge in [-0.1, -0.05) is 11.6 Å². The molecule has 0 saturated carbocycles. The standard InChI is InChI=1S/C26H35ClO17/c1-10(28)35-8-17-20(21(38-13(4)31)23(25(27)42-17)40-15(6)33)44-26-24(41-16(7)34)22(39-14(5)32)19(37-12(3)30)18(43-26)9-36-11(2)29/h17-26H,8-9H2,1-7H3/t17-,18-,19-,20-,21+,22+,23-,24-,25+,26-/m1/s1. The average Bonchev–Trinajstić information content (AvgIpc) is 2.87. The molecule has 0 unspecified atom stereocenters. The molecule has 0 radical (unpaired) electrons. The van der Waals surface area contributed by atoms with E-state index in [4.69, 9.17) is 59.0 Å². The van der Waals surface area contributed by atoms with Crippen LogP contribution in [0, 0.1) is 0 Å². The maximum Gasteiger partial charge on any atom is 0.303 e. The van der Waals surface area contributed by atoms with Crippen LogP contribution in [0.3, 0.4) is 0 Å². The smallest absolute Gasteiger partial charge is 0.303 e. The zero-order valence-electron chi connectivity index (χ0n) is 25.0. The van der Waals surface area contributed by atoms with E-state index in [9.17, 15) is 33.6 Å². The Labute approximate surface area is 256 Å². The highest BCUT2D eigenvalue weighted by Gasteiger charge is 2.57. The van der Waals surface area contributed by atoms with Gasteiger partial charge in [0.05, 0.1) is 0 Å². The first-order chi connectivity index (χ1) is 20.5. The number of ether oxygens (including phenoxy) is 10. The molecule has 44 heavy (non-hydrogen) atoms. The molecule has 0 aromatic rings. The highest BCUT2D eigenvalue weighted by atomic mass is 35.5. The number of hydrogen-bond acceptors (Lipinski definition) is 17. The van der Waals surface area contributed by atoms with Crippen molar-refractivity contribution in [3.05, 3.63) is 0 Å². The number of rotatable bonds is 11. The van der Waals surface area contributed by atoms with Crippen LogP contribution < -0.4 is 0 Å². The van der Waals surface area contributed by atoms with Gasteiger partial charge in [0.25, 0.3) is 0 Å². The van der Waals surface area contributed by atoms with Crippen LogP contribution in [0.25, 0.3) is 0 Å². The van der Waals surface area contributed by atoms with Crippen LogP contribution in [0.15, 0.2) is 0 Å². The minimum Gasteiger partial charge on any atom is -0.463 e. The molecule has 10 atom stereocenters. The summed E-state index contributed by atoms with van der Waals surface area (Å²) in [6.45, 7) is 6.37. The first-order valence-electron chi connectivity index (χ1n) is 13.2. The SMILES string of the molecule is CC(=O)OC[C@H]1O[C@H](Cl)[C@H](OC(C)=O)[C@@H](OC(C)=O)[C@@H]1O[C@H]1O[C@H](COC(C)=O)[C@@H](OC(C)=O)[C@H](OC(C)=O)[C@H]1OC(C)=O. The van der Waals surface area contributed by atoms with Gasteiger partial charge in [-0.25, -0.2) is 0 Å². The fourth-order valence-electron chi connectivity index (χ4n) is 4.46. The molecule has 0 aromatic carbocycles. The van der Waals surface area contributed by atoms with Gasteiger partial charge in [-0.3, -0.25) is 33.6 Å². The number of esters is 7. The Morgan fingerprint density at radius 1 is 0.477 bits per heavy atom. The molecule has 18 heteroatoms. The summed E-state index contributed by atoms with van der Waals surface area (Å²) < 4.78 is 54.7. The summed E-state index contributed by atoms with van der Waals surface area (Å²) >= 11 is 6.32. The molecule has 0 amide bonds. The zero-order chi connectivity index (χ0) is 33.3. The van der Waals surface area contributed by atoms with Gasteiger partial charge in [-0.05, 0) is 0 Å². The number of hydrogen-bond donors (Lipinski definition) is 0. The fraction of sp³-hybridized carbons (Fsp3) is 0.731. The molecular formula is C26H35ClO17. The van der Waals surface area contributed by atoms with Crippen molar-refractivity contribution in [3.63, 3.8) is 0 Å². The lowest BCUT2D eigenvalue weighted by molar-refractivity contribution is -0.341. The molecule has 2 rings (SSSR count). The van der Waals surface area contributed by atoms with Crippen molar-refractivity contribution in [1.82, 2.24) is 0 Å². The van der Waals surface area contributed by atoms with Crippen LogP contribution in [-0.2, 0) is 80.9 Å². The summed E-state index contributed by atoms with van der Waals surface area (Å²) in [4.78, 5) is 83.6. The lowest BCUT2D eigenvalue weighted by atomic mass is 9.96. The van der Waals surface area contributed by atoms with Crippen molar-refractivity contribution in [2.24, 2.45) is 0 Å². The number of carbonyl (C=O) groups is 7. The molecule has 2 fully saturated rings. The Morgan fingerprint density at radius 3 is 1.27 bits per heavy atom. The van der Waals surface area contributed by atoms with Gasteiger partial charge in [0.15, 0.2) is 42.4 Å². The Morgan fingerprint density at radius 2 is 0.841 bits per heavy atom. The highest BCUT2D eigenvalue weighted by Crippen LogP contribution is 2.36. The van der Waals surface area contributed by atoms with Crippen molar-refractivity contribution in [1.29, 1.82) is 0 Å². The second kappa shape index (κ2) is 16.5. The van der Waals surface area contributed by atoms with E-state index in [-0.39, 0.29) is 0 Å². The summed E-state index contributed by atoms with van der Waals surface area (Å²) in [6, 6.07) is 0. The third kappa shape index (κ3) is 10.9. The Balaban J connectivity index is 2.66. The first kappa shape index (κ1) is 36.7. The van der Waals surface area contributed by atoms with Gasteiger partial charge < -0.3 is 47.4 Å². The van der Waals surface area contributed by atoms with E-state index in [0.29, 0.717) is 0 Å². The van der Waals surface area contributed by atoms with Crippen LogP contribution in [0.2, 0.25) is 0 Å².